The first-order valence-corrected chi connectivity index (χ1v) is 24.1. The molecule has 64 heavy (non-hydrogen) atoms. The van der Waals surface area contributed by atoms with E-state index in [1.807, 2.05) is 38.2 Å². The second-order valence-electron chi connectivity index (χ2n) is 19.5. The summed E-state index contributed by atoms with van der Waals surface area (Å²) in [4.78, 5) is 42.4. The van der Waals surface area contributed by atoms with Gasteiger partial charge in [-0.2, -0.15) is 0 Å². The van der Waals surface area contributed by atoms with Crippen molar-refractivity contribution in [3.8, 4) is 0 Å². The number of aliphatic imine (C=N–C) groups is 3. The highest BCUT2D eigenvalue weighted by Crippen LogP contribution is 2.49. The monoisotopic (exact) mass is 871 g/mol. The van der Waals surface area contributed by atoms with E-state index < -0.39 is 11.9 Å². The average Bonchev–Trinajstić information content (AvgIpc) is 3.99. The Morgan fingerprint density at radius 1 is 0.875 bits per heavy atom. The van der Waals surface area contributed by atoms with E-state index >= 15 is 0 Å². The van der Waals surface area contributed by atoms with Crippen molar-refractivity contribution < 1.29 is 24.2 Å². The van der Waals surface area contributed by atoms with Crippen molar-refractivity contribution in [3.63, 3.8) is 0 Å². The first-order chi connectivity index (χ1) is 30.6. The SMILES string of the molecule is C=CC1=C(C)C2=NC1=CC1=NC(=CC3=C(C)C4=C(O)C(C(=O)OC)C(=C5NC(=C2)C(C)C5CCC(=O)OC/C=C(\C)CCCC(C)CCCC(C)CCCC(C)C)C4=N3)C(CC)=C1C. The van der Waals surface area contributed by atoms with Gasteiger partial charge in [0.25, 0.3) is 0 Å². The van der Waals surface area contributed by atoms with Crippen molar-refractivity contribution in [2.75, 3.05) is 13.7 Å². The molecule has 0 amide bonds. The molecule has 1 saturated heterocycles. The van der Waals surface area contributed by atoms with Crippen LogP contribution in [-0.4, -0.2) is 47.9 Å². The first kappa shape index (κ1) is 48.4. The molecule has 344 valence electrons. The number of esters is 2. The van der Waals surface area contributed by atoms with Crippen LogP contribution in [0.5, 0.6) is 0 Å². The van der Waals surface area contributed by atoms with Gasteiger partial charge in [0, 0.05) is 46.4 Å². The van der Waals surface area contributed by atoms with E-state index in [0.29, 0.717) is 29.0 Å². The number of hydrogen-bond donors (Lipinski definition) is 2. The van der Waals surface area contributed by atoms with E-state index in [2.05, 4.69) is 73.4 Å². The molecule has 1 fully saturated rings. The number of aliphatic hydroxyl groups is 1. The maximum atomic E-state index is 13.6. The average molecular weight is 871 g/mol. The van der Waals surface area contributed by atoms with E-state index in [1.54, 1.807) is 0 Å². The van der Waals surface area contributed by atoms with Gasteiger partial charge in [-0.15, -0.1) is 0 Å². The molecule has 1 aliphatic carbocycles. The van der Waals surface area contributed by atoms with Gasteiger partial charge in [-0.3, -0.25) is 9.59 Å². The molecular weight excluding hydrogens is 797 g/mol. The molecular formula is C55H74N4O5. The minimum atomic E-state index is -1.08. The van der Waals surface area contributed by atoms with Gasteiger partial charge in [0.15, 0.2) is 0 Å². The molecule has 0 spiro atoms. The fraction of sp³-hybridized carbons (Fsp3) is 0.545. The molecule has 5 heterocycles. The van der Waals surface area contributed by atoms with Crippen molar-refractivity contribution in [2.24, 2.45) is 50.5 Å². The Balaban J connectivity index is 1.20. The second kappa shape index (κ2) is 21.3. The van der Waals surface area contributed by atoms with Crippen molar-refractivity contribution in [2.45, 2.75) is 146 Å². The standard InChI is InChI=1S/C55H74N4O5/c1-13-39-35(8)42-28-44-37(10)41(24-25-48(60)64-27-26-34(7)23-17-22-33(6)21-16-20-32(5)19-15-18-31(3)4)52(58-44)50-51(55(62)63-12)54(61)49-38(11)45(59-53(49)50)30-47-40(14-2)36(9)43(57-47)29-46(39)56-42/h13,26,28-33,37,41,51,58,61H,1,14-25,27H2,2-12H3/b34-26+,44-28?,46-29?,47-30?,52-50?. The molecule has 6 aliphatic rings. The summed E-state index contributed by atoms with van der Waals surface area (Å²) in [5, 5.41) is 15.6. The molecule has 0 saturated carbocycles. The van der Waals surface area contributed by atoms with Gasteiger partial charge in [-0.05, 0) is 118 Å². The number of carbonyl (C=O) groups is 2. The first-order valence-electron chi connectivity index (χ1n) is 24.1. The Hall–Kier alpha value is -5.05. The lowest BCUT2D eigenvalue weighted by Crippen LogP contribution is -2.25. The Kier molecular flexibility index (Phi) is 16.1. The number of nitrogens with zero attached hydrogens (tertiary/aromatic N) is 3. The second-order valence-corrected chi connectivity index (χ2v) is 19.5. The maximum absolute atomic E-state index is 13.6. The van der Waals surface area contributed by atoms with Crippen LogP contribution in [0.4, 0.5) is 0 Å². The summed E-state index contributed by atoms with van der Waals surface area (Å²) in [6, 6.07) is 0. The van der Waals surface area contributed by atoms with Gasteiger partial charge in [0.05, 0.1) is 41.3 Å². The van der Waals surface area contributed by atoms with Crippen molar-refractivity contribution in [1.82, 2.24) is 5.32 Å². The van der Waals surface area contributed by atoms with Crippen molar-refractivity contribution in [1.29, 1.82) is 0 Å². The Bertz CT molecular complexity index is 2300. The van der Waals surface area contributed by atoms with Crippen LogP contribution in [0.2, 0.25) is 0 Å². The molecule has 0 aromatic carbocycles. The molecule has 8 bridgehead atoms. The summed E-state index contributed by atoms with van der Waals surface area (Å²) in [6.07, 6.45) is 22.7. The third kappa shape index (κ3) is 10.6. The number of ether oxygens (including phenoxy) is 2. The zero-order chi connectivity index (χ0) is 46.4. The van der Waals surface area contributed by atoms with Crippen LogP contribution < -0.4 is 5.32 Å². The van der Waals surface area contributed by atoms with Crippen LogP contribution in [0.3, 0.4) is 0 Å². The minimum absolute atomic E-state index is 0.0838. The van der Waals surface area contributed by atoms with Crippen molar-refractivity contribution >= 4 is 29.1 Å². The summed E-state index contributed by atoms with van der Waals surface area (Å²) in [6.45, 7) is 26.2. The van der Waals surface area contributed by atoms with Gasteiger partial charge >= 0.3 is 11.9 Å². The van der Waals surface area contributed by atoms with Crippen molar-refractivity contribution in [3.05, 3.63) is 116 Å². The maximum Gasteiger partial charge on any atom is 0.321 e. The fourth-order valence-electron chi connectivity index (χ4n) is 10.2. The summed E-state index contributed by atoms with van der Waals surface area (Å²) < 4.78 is 11.1. The number of hydrogen-bond acceptors (Lipinski definition) is 9. The Morgan fingerprint density at radius 2 is 1.53 bits per heavy atom. The molecule has 5 aliphatic heterocycles. The summed E-state index contributed by atoms with van der Waals surface area (Å²) in [5.41, 5.74) is 13.3. The molecule has 6 rings (SSSR count). The van der Waals surface area contributed by atoms with Gasteiger partial charge in [0.1, 0.15) is 18.3 Å². The fourth-order valence-corrected chi connectivity index (χ4v) is 10.2. The number of nitrogens with one attached hydrogen (secondary N) is 1. The molecule has 0 radical (unpaired) electrons. The molecule has 0 aromatic heterocycles. The third-order valence-corrected chi connectivity index (χ3v) is 14.3. The number of aliphatic hydroxyl groups excluding tert-OH is 1. The van der Waals surface area contributed by atoms with Crippen LogP contribution in [-0.2, 0) is 19.1 Å². The minimum Gasteiger partial charge on any atom is -0.510 e. The largest absolute Gasteiger partial charge is 0.510 e. The van der Waals surface area contributed by atoms with E-state index in [9.17, 15) is 14.7 Å². The molecule has 5 atom stereocenters. The zero-order valence-corrected chi connectivity index (χ0v) is 40.7. The van der Waals surface area contributed by atoms with E-state index in [1.165, 1.54) is 57.6 Å². The lowest BCUT2D eigenvalue weighted by molar-refractivity contribution is -0.144. The highest BCUT2D eigenvalue weighted by molar-refractivity contribution is 6.24. The number of carbonyl (C=O) groups excluding carboxylic acids is 2. The smallest absolute Gasteiger partial charge is 0.321 e. The lowest BCUT2D eigenvalue weighted by Gasteiger charge is -2.20. The van der Waals surface area contributed by atoms with E-state index in [4.69, 9.17) is 24.5 Å². The quantitative estimate of drug-likeness (QED) is 0.0928. The number of fused-ring (bicyclic) bond motifs is 5. The molecule has 0 aromatic rings. The number of allylic oxidation sites excluding steroid dienone is 12. The van der Waals surface area contributed by atoms with Crippen LogP contribution in [0.15, 0.2) is 131 Å². The number of methoxy groups -OCH3 is 1. The lowest BCUT2D eigenvalue weighted by atomic mass is 9.84. The van der Waals surface area contributed by atoms with E-state index in [-0.39, 0.29) is 36.6 Å². The van der Waals surface area contributed by atoms with Crippen LogP contribution in [0.25, 0.3) is 0 Å². The summed E-state index contributed by atoms with van der Waals surface area (Å²) in [7, 11) is 1.33. The highest BCUT2D eigenvalue weighted by atomic mass is 16.5. The highest BCUT2D eigenvalue weighted by Gasteiger charge is 2.49. The number of rotatable bonds is 20. The Labute approximate surface area is 383 Å². The van der Waals surface area contributed by atoms with Gasteiger partial charge in [-0.1, -0.05) is 105 Å². The summed E-state index contributed by atoms with van der Waals surface area (Å²) >= 11 is 0. The predicted octanol–water partition coefficient (Wildman–Crippen LogP) is 13.0. The molecule has 5 unspecified atom stereocenters. The summed E-state index contributed by atoms with van der Waals surface area (Å²) in [5.74, 6) is -0.0182. The van der Waals surface area contributed by atoms with E-state index in [0.717, 1.165) is 99.1 Å². The molecule has 9 heteroatoms. The molecule has 2 N–H and O–H groups in total. The third-order valence-electron chi connectivity index (χ3n) is 14.3. The Morgan fingerprint density at radius 3 is 2.19 bits per heavy atom. The van der Waals surface area contributed by atoms with Gasteiger partial charge in [0.2, 0.25) is 0 Å². The van der Waals surface area contributed by atoms with Gasteiger partial charge in [-0.25, -0.2) is 15.0 Å². The van der Waals surface area contributed by atoms with Gasteiger partial charge < -0.3 is 19.9 Å². The van der Waals surface area contributed by atoms with Crippen LogP contribution in [0.1, 0.15) is 146 Å². The molecule has 9 nitrogen and oxygen atoms in total. The topological polar surface area (TPSA) is 122 Å². The van der Waals surface area contributed by atoms with Crippen LogP contribution in [0, 0.1) is 35.5 Å². The zero-order valence-electron chi connectivity index (χ0n) is 40.7. The predicted molar refractivity (Wildman–Crippen MR) is 262 cm³/mol. The normalized spacial score (nSPS) is 22.8. The van der Waals surface area contributed by atoms with Crippen LogP contribution >= 0.6 is 0 Å².